The third-order valence-electron chi connectivity index (χ3n) is 1.22. The Labute approximate surface area is 78.6 Å². The van der Waals surface area contributed by atoms with Crippen LogP contribution in [0.2, 0.25) is 0 Å². The van der Waals surface area contributed by atoms with Gasteiger partial charge in [0.15, 0.2) is 0 Å². The minimum absolute atomic E-state index is 0.930. The molecule has 1 aromatic heterocycles. The van der Waals surface area contributed by atoms with Crippen LogP contribution >= 0.6 is 31.6 Å². The Hall–Kier alpha value is 0.350. The van der Waals surface area contributed by atoms with Gasteiger partial charge in [0.1, 0.15) is 0 Å². The summed E-state index contributed by atoms with van der Waals surface area (Å²) in [5.41, 5.74) is 0. The van der Waals surface area contributed by atoms with Gasteiger partial charge in [-0.1, -0.05) is 0 Å². The molecule has 1 rings (SSSR count). The van der Waals surface area contributed by atoms with Gasteiger partial charge in [0.25, 0.3) is 0 Å². The van der Waals surface area contributed by atoms with Crippen LogP contribution in [0.1, 0.15) is 0 Å². The van der Waals surface area contributed by atoms with E-state index in [1.165, 1.54) is 2.88 Å². The molecule has 0 radical (unpaired) electrons. The Morgan fingerprint density at radius 3 is 3.09 bits per heavy atom. The summed E-state index contributed by atoms with van der Waals surface area (Å²) < 4.78 is 11.8. The Morgan fingerprint density at radius 1 is 1.73 bits per heavy atom. The standard InChI is InChI=1S/C7H12INOS/c1-9-5-4-8(10)7-3-2-6-11-7/h2-3,6,9-10H,4-5H2,1H3. The fourth-order valence-electron chi connectivity index (χ4n) is 0.660. The molecule has 0 spiro atoms. The van der Waals surface area contributed by atoms with Crippen molar-refractivity contribution in [2.75, 3.05) is 18.0 Å². The van der Waals surface area contributed by atoms with E-state index in [1.807, 2.05) is 24.6 Å². The molecule has 0 aliphatic heterocycles. The molecule has 0 atom stereocenters. The number of nitrogens with one attached hydrogen (secondary N) is 1. The average molecular weight is 285 g/mol. The van der Waals surface area contributed by atoms with Crippen LogP contribution in [0.3, 0.4) is 0 Å². The van der Waals surface area contributed by atoms with Gasteiger partial charge in [-0.25, -0.2) is 0 Å². The second kappa shape index (κ2) is 5.08. The van der Waals surface area contributed by atoms with Gasteiger partial charge in [-0.05, 0) is 0 Å². The summed E-state index contributed by atoms with van der Waals surface area (Å²) in [7, 11) is 1.92. The van der Waals surface area contributed by atoms with Crippen molar-refractivity contribution in [3.63, 3.8) is 0 Å². The zero-order valence-corrected chi connectivity index (χ0v) is 9.35. The number of hydrogen-bond donors (Lipinski definition) is 2. The molecule has 11 heavy (non-hydrogen) atoms. The van der Waals surface area contributed by atoms with E-state index in [-0.39, 0.29) is 0 Å². The summed E-state index contributed by atoms with van der Waals surface area (Å²) in [6.07, 6.45) is 0. The average Bonchev–Trinajstić information content (AvgIpc) is 2.52. The number of alkyl halides is 1. The third-order valence-corrected chi connectivity index (χ3v) is 6.99. The topological polar surface area (TPSA) is 32.3 Å². The zero-order valence-electron chi connectivity index (χ0n) is 6.38. The van der Waals surface area contributed by atoms with Crippen molar-refractivity contribution in [3.05, 3.63) is 20.4 Å². The first-order valence-electron chi connectivity index (χ1n) is 3.37. The molecule has 0 aliphatic rings. The van der Waals surface area contributed by atoms with Gasteiger partial charge in [-0.15, -0.1) is 0 Å². The van der Waals surface area contributed by atoms with Gasteiger partial charge in [0.2, 0.25) is 0 Å². The van der Waals surface area contributed by atoms with Gasteiger partial charge >= 0.3 is 78.7 Å². The molecule has 0 saturated carbocycles. The van der Waals surface area contributed by atoms with Crippen molar-refractivity contribution in [3.8, 4) is 0 Å². The molecule has 1 heterocycles. The van der Waals surface area contributed by atoms with Crippen molar-refractivity contribution in [2.24, 2.45) is 0 Å². The number of thiophene rings is 1. The molecule has 0 aliphatic carbocycles. The van der Waals surface area contributed by atoms with E-state index >= 15 is 0 Å². The Balaban J connectivity index is 2.36. The molecular formula is C7H12INOS. The van der Waals surface area contributed by atoms with E-state index in [0.29, 0.717) is 0 Å². The van der Waals surface area contributed by atoms with Gasteiger partial charge in [-0.2, -0.15) is 0 Å². The maximum atomic E-state index is 9.67. The Morgan fingerprint density at radius 2 is 2.55 bits per heavy atom. The van der Waals surface area contributed by atoms with E-state index in [0.717, 1.165) is 11.0 Å². The first-order chi connectivity index (χ1) is 5.34. The molecular weight excluding hydrogens is 273 g/mol. The Kier molecular flexibility index (Phi) is 4.36. The van der Waals surface area contributed by atoms with E-state index in [9.17, 15) is 3.44 Å². The van der Waals surface area contributed by atoms with Gasteiger partial charge < -0.3 is 0 Å². The predicted octanol–water partition coefficient (Wildman–Crippen LogP) is 1.55. The molecule has 0 fully saturated rings. The molecule has 0 unspecified atom stereocenters. The summed E-state index contributed by atoms with van der Waals surface area (Å²) in [6.45, 7) is 0.930. The monoisotopic (exact) mass is 285 g/mol. The molecule has 1 aromatic rings. The minimum atomic E-state index is -1.74. The van der Waals surface area contributed by atoms with Crippen LogP contribution in [0, 0.1) is 2.88 Å². The number of hydrogen-bond acceptors (Lipinski definition) is 3. The van der Waals surface area contributed by atoms with Crippen molar-refractivity contribution in [1.29, 1.82) is 0 Å². The quantitative estimate of drug-likeness (QED) is 0.650. The SMILES string of the molecule is CNCCI(O)c1cccs1. The molecule has 64 valence electrons. The first-order valence-corrected chi connectivity index (χ1v) is 7.82. The second-order valence-electron chi connectivity index (χ2n) is 2.05. The van der Waals surface area contributed by atoms with Crippen LogP contribution in [0.5, 0.6) is 0 Å². The molecule has 0 saturated heterocycles. The summed E-state index contributed by atoms with van der Waals surface area (Å²) in [5, 5.41) is 5.07. The first kappa shape index (κ1) is 9.44. The van der Waals surface area contributed by atoms with Crippen LogP contribution in [-0.2, 0) is 0 Å². The third kappa shape index (κ3) is 3.06. The predicted molar refractivity (Wildman–Crippen MR) is 58.0 cm³/mol. The number of rotatable bonds is 4. The summed E-state index contributed by atoms with van der Waals surface area (Å²) in [6, 6.07) is 4.03. The van der Waals surface area contributed by atoms with Crippen LogP contribution in [0.15, 0.2) is 17.5 Å². The van der Waals surface area contributed by atoms with Crippen LogP contribution in [0.25, 0.3) is 0 Å². The van der Waals surface area contributed by atoms with Crippen molar-refractivity contribution < 1.29 is 3.44 Å². The van der Waals surface area contributed by atoms with Crippen LogP contribution < -0.4 is 5.32 Å². The molecule has 0 aromatic carbocycles. The number of halogens is 1. The molecule has 2 nitrogen and oxygen atoms in total. The summed E-state index contributed by atoms with van der Waals surface area (Å²) >= 11 is -0.0642. The van der Waals surface area contributed by atoms with Crippen LogP contribution in [-0.4, -0.2) is 21.5 Å². The molecule has 0 amide bonds. The Bertz CT molecular complexity index is 190. The van der Waals surface area contributed by atoms with Crippen molar-refractivity contribution in [2.45, 2.75) is 0 Å². The molecule has 0 bridgehead atoms. The van der Waals surface area contributed by atoms with Gasteiger partial charge in [-0.3, -0.25) is 0 Å². The van der Waals surface area contributed by atoms with E-state index in [1.54, 1.807) is 11.3 Å². The summed E-state index contributed by atoms with van der Waals surface area (Å²) in [5.74, 6) is 0. The van der Waals surface area contributed by atoms with E-state index in [4.69, 9.17) is 0 Å². The zero-order chi connectivity index (χ0) is 8.10. The van der Waals surface area contributed by atoms with Crippen molar-refractivity contribution in [1.82, 2.24) is 5.32 Å². The van der Waals surface area contributed by atoms with E-state index < -0.39 is 20.2 Å². The molecule has 4 heteroatoms. The maximum absolute atomic E-state index is 9.67. The fourth-order valence-corrected chi connectivity index (χ4v) is 5.25. The van der Waals surface area contributed by atoms with Gasteiger partial charge in [0, 0.05) is 0 Å². The summed E-state index contributed by atoms with van der Waals surface area (Å²) in [4.78, 5) is 0. The second-order valence-corrected chi connectivity index (χ2v) is 7.90. The fraction of sp³-hybridized carbons (Fsp3) is 0.429. The van der Waals surface area contributed by atoms with E-state index in [2.05, 4.69) is 5.32 Å². The molecule has 2 N–H and O–H groups in total. The normalized spacial score (nSPS) is 11.6. The van der Waals surface area contributed by atoms with Crippen LogP contribution in [0.4, 0.5) is 0 Å². The van der Waals surface area contributed by atoms with Gasteiger partial charge in [0.05, 0.1) is 0 Å². The van der Waals surface area contributed by atoms with Crippen molar-refractivity contribution >= 4 is 31.6 Å².